The number of morpholine rings is 1. The Hall–Kier alpha value is -4.58. The Kier molecular flexibility index (Phi) is 10.0. The summed E-state index contributed by atoms with van der Waals surface area (Å²) in [4.78, 5) is 39.1. The van der Waals surface area contributed by atoms with Crippen molar-refractivity contribution in [2.45, 2.75) is 6.42 Å². The number of carbonyl (C=O) groups is 2. The molecular weight excluding hydrogens is 562 g/mol. The number of anilines is 3. The first kappa shape index (κ1) is 30.9. The van der Waals surface area contributed by atoms with Crippen LogP contribution in [0.15, 0.2) is 36.7 Å². The first-order chi connectivity index (χ1) is 21.3. The van der Waals surface area contributed by atoms with Gasteiger partial charge < -0.3 is 30.1 Å². The number of pyridine rings is 1. The molecule has 2 amide bonds. The molecule has 0 saturated carbocycles. The van der Waals surface area contributed by atoms with Gasteiger partial charge in [0.15, 0.2) is 5.69 Å². The van der Waals surface area contributed by atoms with Crippen molar-refractivity contribution >= 4 is 28.9 Å². The number of rotatable bonds is 10. The van der Waals surface area contributed by atoms with Crippen LogP contribution in [-0.4, -0.2) is 128 Å². The lowest BCUT2D eigenvalue weighted by Crippen LogP contribution is -2.44. The van der Waals surface area contributed by atoms with Gasteiger partial charge in [-0.3, -0.25) is 14.5 Å². The SMILES string of the molecule is CN1CCN(c2ccc(-n3cc(C(=O)NCCCN4CCOCC4)nn3)cc2NC(=O)c2cnc(C#N)cc2N(C)C)CC1. The molecule has 14 heteroatoms. The van der Waals surface area contributed by atoms with Crippen molar-refractivity contribution in [1.82, 2.24) is 35.1 Å². The summed E-state index contributed by atoms with van der Waals surface area (Å²) in [6.45, 7) is 8.18. The van der Waals surface area contributed by atoms with Crippen molar-refractivity contribution in [3.63, 3.8) is 0 Å². The second-order valence-corrected chi connectivity index (χ2v) is 11.2. The Balaban J connectivity index is 1.33. The van der Waals surface area contributed by atoms with Crippen molar-refractivity contribution in [2.75, 3.05) is 102 Å². The zero-order chi connectivity index (χ0) is 31.1. The van der Waals surface area contributed by atoms with Gasteiger partial charge >= 0.3 is 0 Å². The standard InChI is InChI=1S/C30H39N11O3/c1-37(2)28-17-22(19-31)33-20-24(28)29(42)34-25-18-23(5-6-27(25)40-11-9-38(3)10-12-40)41-21-26(35-36-41)30(43)32-7-4-8-39-13-15-44-16-14-39/h5-6,17-18,20-21H,4,7-16H2,1-3H3,(H,32,43)(H,34,42). The molecule has 0 atom stereocenters. The number of carbonyl (C=O) groups excluding carboxylic acids is 2. The Labute approximate surface area is 257 Å². The maximum Gasteiger partial charge on any atom is 0.273 e. The van der Waals surface area contributed by atoms with Gasteiger partial charge in [-0.2, -0.15) is 5.26 Å². The van der Waals surface area contributed by atoms with Crippen molar-refractivity contribution in [3.8, 4) is 11.8 Å². The predicted molar refractivity (Wildman–Crippen MR) is 167 cm³/mol. The van der Waals surface area contributed by atoms with Gasteiger partial charge in [-0.15, -0.1) is 5.10 Å². The van der Waals surface area contributed by atoms with Gasteiger partial charge in [-0.1, -0.05) is 5.21 Å². The highest BCUT2D eigenvalue weighted by Gasteiger charge is 2.22. The fraction of sp³-hybridized carbons (Fsp3) is 0.467. The highest BCUT2D eigenvalue weighted by atomic mass is 16.5. The second kappa shape index (κ2) is 14.3. The predicted octanol–water partition coefficient (Wildman–Crippen LogP) is 1.06. The van der Waals surface area contributed by atoms with Gasteiger partial charge in [0.2, 0.25) is 0 Å². The molecule has 2 aliphatic rings. The highest BCUT2D eigenvalue weighted by molar-refractivity contribution is 6.09. The molecule has 0 unspecified atom stereocenters. The molecule has 2 aromatic heterocycles. The third-order valence-corrected chi connectivity index (χ3v) is 7.83. The molecule has 3 aromatic rings. The maximum absolute atomic E-state index is 13.6. The number of likely N-dealkylation sites (N-methyl/N-ethyl adjacent to an activating group) is 1. The van der Waals surface area contributed by atoms with E-state index >= 15 is 0 Å². The third kappa shape index (κ3) is 7.49. The molecule has 0 bridgehead atoms. The molecular formula is C30H39N11O3. The summed E-state index contributed by atoms with van der Waals surface area (Å²) in [5.74, 6) is -0.640. The monoisotopic (exact) mass is 601 g/mol. The Bertz CT molecular complexity index is 1500. The average Bonchev–Trinajstić information content (AvgIpc) is 3.54. The number of hydrogen-bond donors (Lipinski definition) is 2. The van der Waals surface area contributed by atoms with Crippen LogP contribution in [0.3, 0.4) is 0 Å². The molecule has 232 valence electrons. The highest BCUT2D eigenvalue weighted by Crippen LogP contribution is 2.31. The molecule has 0 aliphatic carbocycles. The van der Waals surface area contributed by atoms with Crippen LogP contribution in [0.4, 0.5) is 17.1 Å². The van der Waals surface area contributed by atoms with E-state index in [-0.39, 0.29) is 23.2 Å². The van der Waals surface area contributed by atoms with E-state index < -0.39 is 0 Å². The first-order valence-electron chi connectivity index (χ1n) is 14.8. The second-order valence-electron chi connectivity index (χ2n) is 11.2. The lowest BCUT2D eigenvalue weighted by molar-refractivity contribution is 0.0374. The average molecular weight is 602 g/mol. The summed E-state index contributed by atoms with van der Waals surface area (Å²) in [6, 6.07) is 9.30. The van der Waals surface area contributed by atoms with E-state index in [0.29, 0.717) is 29.2 Å². The molecule has 2 aliphatic heterocycles. The summed E-state index contributed by atoms with van der Waals surface area (Å²) in [6.07, 6.45) is 3.84. The van der Waals surface area contributed by atoms with Crippen molar-refractivity contribution < 1.29 is 14.3 Å². The van der Waals surface area contributed by atoms with Gasteiger partial charge in [0.05, 0.1) is 47.7 Å². The van der Waals surface area contributed by atoms with Crippen LogP contribution in [0.5, 0.6) is 0 Å². The molecule has 2 N–H and O–H groups in total. The van der Waals surface area contributed by atoms with E-state index in [1.165, 1.54) is 10.9 Å². The number of ether oxygens (including phenoxy) is 1. The van der Waals surface area contributed by atoms with E-state index in [9.17, 15) is 14.9 Å². The number of piperazine rings is 1. The number of benzene rings is 1. The summed E-state index contributed by atoms with van der Waals surface area (Å²) in [5.41, 5.74) is 3.48. The minimum atomic E-state index is -0.353. The molecule has 0 radical (unpaired) electrons. The molecule has 5 rings (SSSR count). The molecule has 1 aromatic carbocycles. The third-order valence-electron chi connectivity index (χ3n) is 7.83. The topological polar surface area (TPSA) is 148 Å². The van der Waals surface area contributed by atoms with Crippen molar-refractivity contribution in [2.24, 2.45) is 0 Å². The van der Waals surface area contributed by atoms with Crippen molar-refractivity contribution in [1.29, 1.82) is 5.26 Å². The summed E-state index contributed by atoms with van der Waals surface area (Å²) in [7, 11) is 5.71. The van der Waals surface area contributed by atoms with Crippen LogP contribution < -0.4 is 20.4 Å². The van der Waals surface area contributed by atoms with E-state index in [2.05, 4.69) is 47.7 Å². The summed E-state index contributed by atoms with van der Waals surface area (Å²) >= 11 is 0. The largest absolute Gasteiger partial charge is 0.379 e. The quantitative estimate of drug-likeness (QED) is 0.322. The Morgan fingerprint density at radius 2 is 1.84 bits per heavy atom. The van der Waals surface area contributed by atoms with E-state index in [0.717, 1.165) is 71.1 Å². The number of aromatic nitrogens is 4. The lowest BCUT2D eigenvalue weighted by Gasteiger charge is -2.35. The smallest absolute Gasteiger partial charge is 0.273 e. The normalized spacial score (nSPS) is 15.9. The minimum Gasteiger partial charge on any atom is -0.379 e. The fourth-order valence-corrected chi connectivity index (χ4v) is 5.24. The van der Waals surface area contributed by atoms with Crippen LogP contribution in [-0.2, 0) is 4.74 Å². The van der Waals surface area contributed by atoms with E-state index in [1.807, 2.05) is 38.4 Å². The lowest BCUT2D eigenvalue weighted by atomic mass is 10.1. The number of nitrogens with one attached hydrogen (secondary N) is 2. The first-order valence-corrected chi connectivity index (χ1v) is 14.8. The van der Waals surface area contributed by atoms with Crippen LogP contribution >= 0.6 is 0 Å². The van der Waals surface area contributed by atoms with Gasteiger partial charge in [0.1, 0.15) is 11.8 Å². The molecule has 14 nitrogen and oxygen atoms in total. The molecule has 2 saturated heterocycles. The molecule has 4 heterocycles. The van der Waals surface area contributed by atoms with Crippen LogP contribution in [0.25, 0.3) is 5.69 Å². The molecule has 44 heavy (non-hydrogen) atoms. The number of nitriles is 1. The van der Waals surface area contributed by atoms with E-state index in [1.54, 1.807) is 17.2 Å². The summed E-state index contributed by atoms with van der Waals surface area (Å²) < 4.78 is 6.91. The number of nitrogens with zero attached hydrogens (tertiary/aromatic N) is 9. The fourth-order valence-electron chi connectivity index (χ4n) is 5.24. The zero-order valence-electron chi connectivity index (χ0n) is 25.5. The number of hydrogen-bond acceptors (Lipinski definition) is 11. The van der Waals surface area contributed by atoms with Gasteiger partial charge in [-0.25, -0.2) is 9.67 Å². The van der Waals surface area contributed by atoms with Gasteiger partial charge in [0, 0.05) is 66.1 Å². The van der Waals surface area contributed by atoms with Gasteiger partial charge in [-0.05, 0) is 44.3 Å². The van der Waals surface area contributed by atoms with Crippen LogP contribution in [0.2, 0.25) is 0 Å². The minimum absolute atomic E-state index is 0.212. The van der Waals surface area contributed by atoms with Crippen LogP contribution in [0.1, 0.15) is 33.0 Å². The zero-order valence-corrected chi connectivity index (χ0v) is 25.5. The Morgan fingerprint density at radius 1 is 1.07 bits per heavy atom. The van der Waals surface area contributed by atoms with Gasteiger partial charge in [0.25, 0.3) is 11.8 Å². The molecule has 2 fully saturated rings. The summed E-state index contributed by atoms with van der Waals surface area (Å²) in [5, 5.41) is 23.6. The van der Waals surface area contributed by atoms with E-state index in [4.69, 9.17) is 4.74 Å². The Morgan fingerprint density at radius 3 is 2.57 bits per heavy atom. The maximum atomic E-state index is 13.6. The molecule has 0 spiro atoms. The van der Waals surface area contributed by atoms with Crippen molar-refractivity contribution in [3.05, 3.63) is 53.6 Å². The van der Waals surface area contributed by atoms with Crippen LogP contribution in [0, 0.1) is 11.3 Å². The number of amides is 2.